The Kier molecular flexibility index (Phi) is 4.51. The molecule has 108 valence electrons. The molecule has 0 unspecified atom stereocenters. The number of benzene rings is 1. The van der Waals surface area contributed by atoms with Crippen molar-refractivity contribution in [2.75, 3.05) is 0 Å². The first-order valence-corrected chi connectivity index (χ1v) is 7.85. The fraction of sp³-hybridized carbons (Fsp3) is 0.571. The fourth-order valence-electron chi connectivity index (χ4n) is 1.98. The second kappa shape index (κ2) is 5.28. The van der Waals surface area contributed by atoms with Gasteiger partial charge in [0, 0.05) is 5.56 Å². The molecule has 1 rings (SSSR count). The van der Waals surface area contributed by atoms with E-state index in [1.165, 1.54) is 0 Å². The minimum atomic E-state index is -4.56. The largest absolute Gasteiger partial charge is 0.524 e. The zero-order valence-electron chi connectivity index (χ0n) is 12.4. The second-order valence-corrected chi connectivity index (χ2v) is 7.08. The molecule has 0 spiro atoms. The second-order valence-electron chi connectivity index (χ2n) is 5.92. The molecule has 0 atom stereocenters. The summed E-state index contributed by atoms with van der Waals surface area (Å²) in [5.74, 6) is 0.616. The van der Waals surface area contributed by atoms with Gasteiger partial charge in [0.1, 0.15) is 5.75 Å². The predicted octanol–water partition coefficient (Wildman–Crippen LogP) is 3.71. The lowest BCUT2D eigenvalue weighted by molar-refractivity contribution is 0.276. The van der Waals surface area contributed by atoms with E-state index in [4.69, 9.17) is 14.3 Å². The quantitative estimate of drug-likeness (QED) is 0.828. The van der Waals surface area contributed by atoms with Crippen LogP contribution < -0.4 is 4.52 Å². The highest BCUT2D eigenvalue weighted by atomic mass is 31.2. The maximum Gasteiger partial charge on any atom is 0.524 e. The van der Waals surface area contributed by atoms with Crippen LogP contribution in [0.4, 0.5) is 0 Å². The molecule has 0 bridgehead atoms. The summed E-state index contributed by atoms with van der Waals surface area (Å²) < 4.78 is 16.1. The summed E-state index contributed by atoms with van der Waals surface area (Å²) in [5, 5.41) is 0. The van der Waals surface area contributed by atoms with Gasteiger partial charge >= 0.3 is 7.82 Å². The molecule has 4 nitrogen and oxygen atoms in total. The van der Waals surface area contributed by atoms with Gasteiger partial charge in [-0.1, -0.05) is 45.4 Å². The van der Waals surface area contributed by atoms with E-state index in [1.54, 1.807) is 6.92 Å². The Morgan fingerprint density at radius 2 is 1.74 bits per heavy atom. The van der Waals surface area contributed by atoms with Crippen LogP contribution in [0, 0.1) is 19.8 Å². The Morgan fingerprint density at radius 3 is 2.16 bits per heavy atom. The molecule has 0 radical (unpaired) electrons. The van der Waals surface area contributed by atoms with E-state index in [9.17, 15) is 4.57 Å². The molecule has 2 N–H and O–H groups in total. The molecule has 1 aromatic carbocycles. The van der Waals surface area contributed by atoms with E-state index in [2.05, 4.69) is 27.7 Å². The average molecular weight is 286 g/mol. The normalized spacial score (nSPS) is 12.9. The highest BCUT2D eigenvalue weighted by molar-refractivity contribution is 7.46. The summed E-state index contributed by atoms with van der Waals surface area (Å²) >= 11 is 0. The third-order valence-corrected chi connectivity index (χ3v) is 4.19. The maximum absolute atomic E-state index is 11.2. The third-order valence-electron chi connectivity index (χ3n) is 3.77. The molecule has 19 heavy (non-hydrogen) atoms. The first-order chi connectivity index (χ1) is 8.45. The molecular weight excluding hydrogens is 263 g/mol. The predicted molar refractivity (Wildman–Crippen MR) is 76.5 cm³/mol. The zero-order valence-corrected chi connectivity index (χ0v) is 13.3. The molecule has 1 aromatic rings. The molecule has 0 amide bonds. The van der Waals surface area contributed by atoms with Gasteiger partial charge in [-0.15, -0.1) is 0 Å². The molecule has 0 saturated heterocycles. The van der Waals surface area contributed by atoms with Crippen molar-refractivity contribution >= 4 is 7.82 Å². The van der Waals surface area contributed by atoms with Crippen molar-refractivity contribution in [2.45, 2.75) is 47.0 Å². The van der Waals surface area contributed by atoms with Gasteiger partial charge in [-0.25, -0.2) is 4.57 Å². The van der Waals surface area contributed by atoms with Gasteiger partial charge < -0.3 is 4.52 Å². The van der Waals surface area contributed by atoms with Gasteiger partial charge in [-0.05, 0) is 30.7 Å². The number of rotatable bonds is 4. The summed E-state index contributed by atoms with van der Waals surface area (Å²) in [5.41, 5.74) is 2.40. The van der Waals surface area contributed by atoms with E-state index in [0.29, 0.717) is 11.7 Å². The Balaban J connectivity index is 3.49. The van der Waals surface area contributed by atoms with Crippen molar-refractivity contribution in [3.05, 3.63) is 28.8 Å². The topological polar surface area (TPSA) is 66.8 Å². The highest BCUT2D eigenvalue weighted by Gasteiger charge is 2.31. The summed E-state index contributed by atoms with van der Waals surface area (Å²) in [6.45, 7) is 12.0. The molecule has 0 aliphatic carbocycles. The van der Waals surface area contributed by atoms with E-state index >= 15 is 0 Å². The van der Waals surface area contributed by atoms with Crippen LogP contribution in [0.1, 0.15) is 44.4 Å². The van der Waals surface area contributed by atoms with Crippen LogP contribution in [-0.2, 0) is 9.98 Å². The van der Waals surface area contributed by atoms with Crippen molar-refractivity contribution in [2.24, 2.45) is 5.92 Å². The van der Waals surface area contributed by atoms with E-state index < -0.39 is 7.82 Å². The van der Waals surface area contributed by atoms with Crippen LogP contribution in [0.2, 0.25) is 0 Å². The third kappa shape index (κ3) is 3.82. The van der Waals surface area contributed by atoms with Gasteiger partial charge in [-0.2, -0.15) is 0 Å². The van der Waals surface area contributed by atoms with Crippen LogP contribution in [-0.4, -0.2) is 9.79 Å². The van der Waals surface area contributed by atoms with Crippen LogP contribution in [0.5, 0.6) is 5.75 Å². The smallest absolute Gasteiger partial charge is 0.404 e. The van der Waals surface area contributed by atoms with Crippen molar-refractivity contribution in [3.63, 3.8) is 0 Å². The van der Waals surface area contributed by atoms with Gasteiger partial charge in [0.05, 0.1) is 0 Å². The lowest BCUT2D eigenvalue weighted by Gasteiger charge is -2.32. The van der Waals surface area contributed by atoms with Crippen molar-refractivity contribution in [1.29, 1.82) is 0 Å². The minimum absolute atomic E-state index is 0.235. The number of phosphoric acid groups is 1. The standard InChI is InChI=1S/C14H23O4P/c1-9(2)14(5,6)12-8-10(3)7-11(4)13(12)18-19(15,16)17/h7-9H,1-6H3,(H2,15,16,17). The fourth-order valence-corrected chi connectivity index (χ4v) is 2.46. The van der Waals surface area contributed by atoms with Gasteiger partial charge in [0.2, 0.25) is 0 Å². The summed E-state index contributed by atoms with van der Waals surface area (Å²) in [7, 11) is -4.56. The summed E-state index contributed by atoms with van der Waals surface area (Å²) in [6, 6.07) is 3.81. The number of hydrogen-bond acceptors (Lipinski definition) is 2. The Morgan fingerprint density at radius 1 is 1.21 bits per heavy atom. The average Bonchev–Trinajstić information content (AvgIpc) is 2.19. The van der Waals surface area contributed by atoms with Crippen LogP contribution in [0.3, 0.4) is 0 Å². The summed E-state index contributed by atoms with van der Waals surface area (Å²) in [6.07, 6.45) is 0. The number of hydrogen-bond donors (Lipinski definition) is 2. The molecule has 0 heterocycles. The molecule has 0 saturated carbocycles. The van der Waals surface area contributed by atoms with Crippen LogP contribution in [0.25, 0.3) is 0 Å². The lowest BCUT2D eigenvalue weighted by atomic mass is 9.74. The first kappa shape index (κ1) is 16.2. The molecule has 0 fully saturated rings. The highest BCUT2D eigenvalue weighted by Crippen LogP contribution is 2.46. The van der Waals surface area contributed by atoms with Gasteiger partial charge in [0.15, 0.2) is 0 Å². The number of aryl methyl sites for hydroxylation is 2. The van der Waals surface area contributed by atoms with Crippen LogP contribution >= 0.6 is 7.82 Å². The Labute approximate surface area is 115 Å². The number of phosphoric ester groups is 1. The van der Waals surface area contributed by atoms with Crippen molar-refractivity contribution < 1.29 is 18.9 Å². The molecule has 0 aliphatic heterocycles. The SMILES string of the molecule is Cc1cc(C)c(OP(=O)(O)O)c(C(C)(C)C(C)C)c1. The summed E-state index contributed by atoms with van der Waals surface area (Å²) in [4.78, 5) is 18.2. The van der Waals surface area contributed by atoms with Crippen molar-refractivity contribution in [1.82, 2.24) is 0 Å². The maximum atomic E-state index is 11.2. The van der Waals surface area contributed by atoms with E-state index in [1.807, 2.05) is 19.1 Å². The van der Waals surface area contributed by atoms with Gasteiger partial charge in [0.25, 0.3) is 0 Å². The molecular formula is C14H23O4P. The Hall–Kier alpha value is -0.830. The monoisotopic (exact) mass is 286 g/mol. The molecule has 0 aliphatic rings. The first-order valence-electron chi connectivity index (χ1n) is 6.32. The Bertz CT molecular complexity index is 514. The molecule has 5 heteroatoms. The van der Waals surface area contributed by atoms with Crippen LogP contribution in [0.15, 0.2) is 12.1 Å². The van der Waals surface area contributed by atoms with E-state index in [-0.39, 0.29) is 5.41 Å². The molecule has 0 aromatic heterocycles. The van der Waals surface area contributed by atoms with E-state index in [0.717, 1.165) is 16.7 Å². The minimum Gasteiger partial charge on any atom is -0.404 e. The van der Waals surface area contributed by atoms with Gasteiger partial charge in [-0.3, -0.25) is 9.79 Å². The lowest BCUT2D eigenvalue weighted by Crippen LogP contribution is -2.25. The zero-order chi connectivity index (χ0) is 15.0. The van der Waals surface area contributed by atoms with Crippen molar-refractivity contribution in [3.8, 4) is 5.75 Å².